The van der Waals surface area contributed by atoms with Crippen LogP contribution in [-0.4, -0.2) is 10.9 Å². The van der Waals surface area contributed by atoms with Crippen LogP contribution in [0.4, 0.5) is 5.13 Å². The molecule has 1 heterocycles. The maximum Gasteiger partial charge on any atom is 0.223 e. The molecule has 1 rings (SSSR count). The van der Waals surface area contributed by atoms with Crippen molar-refractivity contribution < 1.29 is 4.79 Å². The molecule has 0 aliphatic rings. The fourth-order valence-corrected chi connectivity index (χ4v) is 2.04. The zero-order valence-electron chi connectivity index (χ0n) is 6.23. The van der Waals surface area contributed by atoms with Crippen molar-refractivity contribution in [3.05, 3.63) is 10.0 Å². The lowest BCUT2D eigenvalue weighted by atomic mass is 10.6. The summed E-state index contributed by atoms with van der Waals surface area (Å²) < 4.78 is 0.522. The highest BCUT2D eigenvalue weighted by atomic mass is 35.5. The van der Waals surface area contributed by atoms with Crippen molar-refractivity contribution in [1.82, 2.24) is 4.98 Å². The smallest absolute Gasteiger partial charge is 0.223 e. The van der Waals surface area contributed by atoms with Gasteiger partial charge in [-0.1, -0.05) is 22.9 Å². The van der Waals surface area contributed by atoms with Crippen LogP contribution in [0.15, 0.2) is 0 Å². The second-order valence-corrected chi connectivity index (χ2v) is 3.92. The first-order chi connectivity index (χ1) is 5.63. The molecule has 0 bridgehead atoms. The SMILES string of the molecule is CC(=O)Nc1nc(CCl)c(Cl)s1. The average molecular weight is 225 g/mol. The number of anilines is 1. The number of halogens is 2. The van der Waals surface area contributed by atoms with Gasteiger partial charge < -0.3 is 5.32 Å². The lowest BCUT2D eigenvalue weighted by Gasteiger charge is -1.91. The maximum absolute atomic E-state index is 10.6. The summed E-state index contributed by atoms with van der Waals surface area (Å²) in [5.74, 6) is 0.0936. The van der Waals surface area contributed by atoms with Gasteiger partial charge in [0.15, 0.2) is 5.13 Å². The Bertz CT molecular complexity index is 300. The molecule has 0 saturated carbocycles. The van der Waals surface area contributed by atoms with Gasteiger partial charge in [0.1, 0.15) is 4.34 Å². The number of hydrogen-bond donors (Lipinski definition) is 1. The zero-order chi connectivity index (χ0) is 9.14. The molecule has 0 radical (unpaired) electrons. The Labute approximate surface area is 83.7 Å². The van der Waals surface area contributed by atoms with E-state index in [0.717, 1.165) is 0 Å². The molecule has 66 valence electrons. The Morgan fingerprint density at radius 1 is 1.75 bits per heavy atom. The molecule has 6 heteroatoms. The van der Waals surface area contributed by atoms with E-state index in [0.29, 0.717) is 15.2 Å². The lowest BCUT2D eigenvalue weighted by Crippen LogP contribution is -2.05. The largest absolute Gasteiger partial charge is 0.302 e. The van der Waals surface area contributed by atoms with Gasteiger partial charge in [-0.3, -0.25) is 4.79 Å². The highest BCUT2D eigenvalue weighted by molar-refractivity contribution is 7.19. The quantitative estimate of drug-likeness (QED) is 0.785. The molecular weight excluding hydrogens is 219 g/mol. The van der Waals surface area contributed by atoms with Gasteiger partial charge >= 0.3 is 0 Å². The standard InChI is InChI=1S/C6H6Cl2N2OS/c1-3(11)9-6-10-4(2-7)5(8)12-6/h2H2,1H3,(H,9,10,11). The summed E-state index contributed by atoms with van der Waals surface area (Å²) in [5.41, 5.74) is 0.604. The fourth-order valence-electron chi connectivity index (χ4n) is 0.620. The molecule has 0 aliphatic heterocycles. The molecule has 0 aromatic carbocycles. The van der Waals surface area contributed by atoms with Gasteiger partial charge in [-0.2, -0.15) is 0 Å². The monoisotopic (exact) mass is 224 g/mol. The fraction of sp³-hybridized carbons (Fsp3) is 0.333. The number of alkyl halides is 1. The summed E-state index contributed by atoms with van der Waals surface area (Å²) in [6.07, 6.45) is 0. The summed E-state index contributed by atoms with van der Waals surface area (Å²) in [7, 11) is 0. The van der Waals surface area contributed by atoms with Gasteiger partial charge in [0.2, 0.25) is 5.91 Å². The predicted molar refractivity (Wildman–Crippen MR) is 51.0 cm³/mol. The van der Waals surface area contributed by atoms with Crippen molar-refractivity contribution in [3.63, 3.8) is 0 Å². The van der Waals surface area contributed by atoms with Crippen molar-refractivity contribution in [2.75, 3.05) is 5.32 Å². The molecule has 1 amide bonds. The number of carbonyl (C=O) groups is 1. The van der Waals surface area contributed by atoms with Crippen LogP contribution in [0.2, 0.25) is 4.34 Å². The van der Waals surface area contributed by atoms with E-state index in [1.165, 1.54) is 18.3 Å². The molecule has 3 nitrogen and oxygen atoms in total. The Morgan fingerprint density at radius 2 is 2.42 bits per heavy atom. The summed E-state index contributed by atoms with van der Waals surface area (Å²) >= 11 is 12.5. The van der Waals surface area contributed by atoms with Crippen molar-refractivity contribution >= 4 is 45.6 Å². The van der Waals surface area contributed by atoms with E-state index < -0.39 is 0 Å². The Morgan fingerprint density at radius 3 is 2.83 bits per heavy atom. The molecule has 0 spiro atoms. The minimum atomic E-state index is -0.165. The molecule has 0 fully saturated rings. The first-order valence-corrected chi connectivity index (χ1v) is 4.85. The van der Waals surface area contributed by atoms with E-state index >= 15 is 0 Å². The number of aromatic nitrogens is 1. The molecule has 1 aromatic rings. The molecule has 0 unspecified atom stereocenters. The highest BCUT2D eigenvalue weighted by Crippen LogP contribution is 2.28. The van der Waals surface area contributed by atoms with Gasteiger partial charge in [-0.05, 0) is 0 Å². The van der Waals surface area contributed by atoms with Crippen LogP contribution in [0.3, 0.4) is 0 Å². The number of carbonyl (C=O) groups excluding carboxylic acids is 1. The number of thiazole rings is 1. The van der Waals surface area contributed by atoms with Gasteiger partial charge in [0.25, 0.3) is 0 Å². The minimum Gasteiger partial charge on any atom is -0.302 e. The van der Waals surface area contributed by atoms with Crippen LogP contribution < -0.4 is 5.32 Å². The Kier molecular flexibility index (Phi) is 3.31. The van der Waals surface area contributed by atoms with Gasteiger partial charge in [-0.25, -0.2) is 4.98 Å². The van der Waals surface area contributed by atoms with E-state index in [1.807, 2.05) is 0 Å². The summed E-state index contributed by atoms with van der Waals surface area (Å²) in [4.78, 5) is 14.6. The number of rotatable bonds is 2. The third-order valence-corrected chi connectivity index (χ3v) is 2.56. The van der Waals surface area contributed by atoms with E-state index in [1.54, 1.807) is 0 Å². The predicted octanol–water partition coefficient (Wildman–Crippen LogP) is 2.49. The number of nitrogens with zero attached hydrogens (tertiary/aromatic N) is 1. The topological polar surface area (TPSA) is 42.0 Å². The molecule has 0 saturated heterocycles. The second-order valence-electron chi connectivity index (χ2n) is 2.05. The number of amides is 1. The molecule has 0 atom stereocenters. The molecule has 12 heavy (non-hydrogen) atoms. The summed E-state index contributed by atoms with van der Waals surface area (Å²) in [6.45, 7) is 1.41. The molecule has 1 aromatic heterocycles. The molecular formula is C6H6Cl2N2OS. The van der Waals surface area contributed by atoms with Crippen molar-refractivity contribution in [1.29, 1.82) is 0 Å². The third kappa shape index (κ3) is 2.33. The molecule has 1 N–H and O–H groups in total. The van der Waals surface area contributed by atoms with Crippen LogP contribution in [0.5, 0.6) is 0 Å². The lowest BCUT2D eigenvalue weighted by molar-refractivity contribution is -0.114. The van der Waals surface area contributed by atoms with Gasteiger partial charge in [0.05, 0.1) is 11.6 Å². The van der Waals surface area contributed by atoms with Gasteiger partial charge in [0, 0.05) is 6.92 Å². The number of nitrogens with one attached hydrogen (secondary N) is 1. The maximum atomic E-state index is 10.6. The van der Waals surface area contributed by atoms with E-state index in [9.17, 15) is 4.79 Å². The highest BCUT2D eigenvalue weighted by Gasteiger charge is 2.08. The minimum absolute atomic E-state index is 0.165. The zero-order valence-corrected chi connectivity index (χ0v) is 8.56. The summed E-state index contributed by atoms with van der Waals surface area (Å²) in [5, 5.41) is 3.01. The first kappa shape index (κ1) is 9.77. The van der Waals surface area contributed by atoms with E-state index in [-0.39, 0.29) is 11.8 Å². The van der Waals surface area contributed by atoms with Crippen LogP contribution >= 0.6 is 34.5 Å². The third-order valence-electron chi connectivity index (χ3n) is 1.06. The molecule has 0 aliphatic carbocycles. The van der Waals surface area contributed by atoms with E-state index in [2.05, 4.69) is 10.3 Å². The van der Waals surface area contributed by atoms with Crippen molar-refractivity contribution in [2.45, 2.75) is 12.8 Å². The Hall–Kier alpha value is -0.320. The van der Waals surface area contributed by atoms with Crippen molar-refractivity contribution in [3.8, 4) is 0 Å². The van der Waals surface area contributed by atoms with Crippen LogP contribution in [0, 0.1) is 0 Å². The normalized spacial score (nSPS) is 9.92. The van der Waals surface area contributed by atoms with Crippen LogP contribution in [-0.2, 0) is 10.7 Å². The van der Waals surface area contributed by atoms with E-state index in [4.69, 9.17) is 23.2 Å². The van der Waals surface area contributed by atoms with Crippen LogP contribution in [0.25, 0.3) is 0 Å². The van der Waals surface area contributed by atoms with Gasteiger partial charge in [-0.15, -0.1) is 11.6 Å². The van der Waals surface area contributed by atoms with Crippen LogP contribution in [0.1, 0.15) is 12.6 Å². The Balaban J connectivity index is 2.82. The van der Waals surface area contributed by atoms with Crippen molar-refractivity contribution in [2.24, 2.45) is 0 Å². The number of hydrogen-bond acceptors (Lipinski definition) is 3. The first-order valence-electron chi connectivity index (χ1n) is 3.12. The summed E-state index contributed by atoms with van der Waals surface area (Å²) in [6, 6.07) is 0. The average Bonchev–Trinajstić information content (AvgIpc) is 2.29. The second kappa shape index (κ2) is 4.07.